The molecule has 8 heteroatoms. The summed E-state index contributed by atoms with van der Waals surface area (Å²) in [5.74, 6) is 1.27. The average Bonchev–Trinajstić information content (AvgIpc) is 3.40. The van der Waals surface area contributed by atoms with E-state index in [0.717, 1.165) is 48.4 Å². The molecule has 0 bridgehead atoms. The smallest absolute Gasteiger partial charge is 0.274 e. The van der Waals surface area contributed by atoms with E-state index >= 15 is 0 Å². The highest BCUT2D eigenvalue weighted by atomic mass is 16.5. The minimum absolute atomic E-state index is 0.250. The first-order valence-corrected chi connectivity index (χ1v) is 15.3. The summed E-state index contributed by atoms with van der Waals surface area (Å²) >= 11 is 0. The summed E-state index contributed by atoms with van der Waals surface area (Å²) in [4.78, 5) is 19.8. The van der Waals surface area contributed by atoms with Gasteiger partial charge in [-0.25, -0.2) is 4.98 Å². The van der Waals surface area contributed by atoms with E-state index < -0.39 is 0 Å². The van der Waals surface area contributed by atoms with Crippen LogP contribution in [0.25, 0.3) is 10.9 Å². The number of aryl methyl sites for hydroxylation is 1. The highest BCUT2D eigenvalue weighted by Gasteiger charge is 2.36. The third kappa shape index (κ3) is 6.03. The van der Waals surface area contributed by atoms with Crippen molar-refractivity contribution in [2.45, 2.75) is 70.8 Å². The summed E-state index contributed by atoms with van der Waals surface area (Å²) < 4.78 is 7.73. The molecular weight excluding hydrogens is 500 g/mol. The molecule has 8 nitrogen and oxygen atoms in total. The molecule has 2 N–H and O–H groups in total. The average molecular weight is 545 g/mol. The second kappa shape index (κ2) is 11.9. The Hall–Kier alpha value is -2.97. The molecular formula is C32H44N6O2. The number of piperidine rings is 2. The molecule has 0 unspecified atom stereocenters. The maximum Gasteiger partial charge on any atom is 0.274 e. The molecule has 2 aromatic heterocycles. The van der Waals surface area contributed by atoms with Gasteiger partial charge in [-0.2, -0.15) is 5.10 Å². The lowest BCUT2D eigenvalue weighted by Gasteiger charge is -2.43. The van der Waals surface area contributed by atoms with Gasteiger partial charge in [0, 0.05) is 36.4 Å². The van der Waals surface area contributed by atoms with Crippen molar-refractivity contribution in [1.82, 2.24) is 25.0 Å². The van der Waals surface area contributed by atoms with Gasteiger partial charge in [0.05, 0.1) is 24.4 Å². The molecule has 4 heterocycles. The second-order valence-corrected chi connectivity index (χ2v) is 12.4. The fourth-order valence-electron chi connectivity index (χ4n) is 7.19. The van der Waals surface area contributed by atoms with Crippen molar-refractivity contribution in [3.63, 3.8) is 0 Å². The lowest BCUT2D eigenvalue weighted by Crippen LogP contribution is -2.40. The normalized spacial score (nSPS) is 20.6. The molecule has 1 saturated carbocycles. The van der Waals surface area contributed by atoms with Gasteiger partial charge in [-0.15, -0.1) is 0 Å². The number of pyridine rings is 1. The highest BCUT2D eigenvalue weighted by Crippen LogP contribution is 2.46. The molecule has 1 aromatic carbocycles. The third-order valence-electron chi connectivity index (χ3n) is 9.83. The summed E-state index contributed by atoms with van der Waals surface area (Å²) in [6, 6.07) is 9.71. The number of nitrogens with one attached hydrogen (secondary N) is 2. The molecule has 1 spiro atoms. The summed E-state index contributed by atoms with van der Waals surface area (Å²) in [6.45, 7) is 7.84. The number of hydrogen-bond acceptors (Lipinski definition) is 6. The van der Waals surface area contributed by atoms with Crippen LogP contribution in [0.3, 0.4) is 0 Å². The van der Waals surface area contributed by atoms with E-state index in [2.05, 4.69) is 31.4 Å². The zero-order valence-electron chi connectivity index (χ0n) is 24.1. The van der Waals surface area contributed by atoms with Crippen LogP contribution in [0.1, 0.15) is 80.0 Å². The monoisotopic (exact) mass is 544 g/mol. The number of carbonyl (C=O) groups is 1. The molecule has 6 rings (SSSR count). The number of methoxy groups -OCH3 is 1. The van der Waals surface area contributed by atoms with Gasteiger partial charge in [-0.05, 0) is 114 Å². The number of benzene rings is 1. The van der Waals surface area contributed by atoms with Crippen LogP contribution in [-0.2, 0) is 0 Å². The number of likely N-dealkylation sites (tertiary alicyclic amines) is 1. The molecule has 214 valence electrons. The Morgan fingerprint density at radius 3 is 2.60 bits per heavy atom. The summed E-state index contributed by atoms with van der Waals surface area (Å²) in [6.07, 6.45) is 14.3. The van der Waals surface area contributed by atoms with Crippen molar-refractivity contribution >= 4 is 22.5 Å². The van der Waals surface area contributed by atoms with Crippen LogP contribution in [0.5, 0.6) is 5.75 Å². The van der Waals surface area contributed by atoms with Crippen molar-refractivity contribution in [2.24, 2.45) is 11.3 Å². The molecule has 1 amide bonds. The molecule has 3 fully saturated rings. The number of rotatable bonds is 7. The maximum absolute atomic E-state index is 12.8. The quantitative estimate of drug-likeness (QED) is 0.404. The topological polar surface area (TPSA) is 84.3 Å². The Kier molecular flexibility index (Phi) is 8.08. The summed E-state index contributed by atoms with van der Waals surface area (Å²) in [7, 11) is 1.62. The van der Waals surface area contributed by atoms with Crippen molar-refractivity contribution in [3.05, 3.63) is 47.9 Å². The van der Waals surface area contributed by atoms with Crippen molar-refractivity contribution < 1.29 is 9.53 Å². The van der Waals surface area contributed by atoms with Crippen LogP contribution in [0.4, 0.5) is 5.69 Å². The van der Waals surface area contributed by atoms with Gasteiger partial charge in [0.2, 0.25) is 0 Å². The minimum Gasteiger partial charge on any atom is -0.494 e. The Morgan fingerprint density at radius 2 is 1.88 bits per heavy atom. The van der Waals surface area contributed by atoms with Gasteiger partial charge in [-0.3, -0.25) is 9.48 Å². The van der Waals surface area contributed by atoms with E-state index in [-0.39, 0.29) is 5.91 Å². The first-order chi connectivity index (χ1) is 19.5. The number of fused-ring (bicyclic) bond motifs is 1. The molecule has 0 atom stereocenters. The highest BCUT2D eigenvalue weighted by molar-refractivity contribution is 6.05. The molecule has 2 saturated heterocycles. The van der Waals surface area contributed by atoms with Gasteiger partial charge in [0.1, 0.15) is 11.4 Å². The second-order valence-electron chi connectivity index (χ2n) is 12.4. The van der Waals surface area contributed by atoms with Gasteiger partial charge in [-0.1, -0.05) is 6.07 Å². The van der Waals surface area contributed by atoms with E-state index in [9.17, 15) is 4.79 Å². The van der Waals surface area contributed by atoms with Crippen LogP contribution in [-0.4, -0.2) is 65.4 Å². The van der Waals surface area contributed by atoms with Crippen LogP contribution in [0, 0.1) is 18.3 Å². The van der Waals surface area contributed by atoms with E-state index in [4.69, 9.17) is 9.84 Å². The first-order valence-electron chi connectivity index (χ1n) is 15.3. The number of hydrogen-bond donors (Lipinski definition) is 2. The van der Waals surface area contributed by atoms with E-state index in [1.54, 1.807) is 13.2 Å². The van der Waals surface area contributed by atoms with Gasteiger partial charge in [0.15, 0.2) is 0 Å². The summed E-state index contributed by atoms with van der Waals surface area (Å²) in [5.41, 5.74) is 3.38. The lowest BCUT2D eigenvalue weighted by atomic mass is 9.65. The van der Waals surface area contributed by atoms with Gasteiger partial charge >= 0.3 is 0 Å². The van der Waals surface area contributed by atoms with Crippen LogP contribution < -0.4 is 15.4 Å². The molecule has 2 aliphatic heterocycles. The van der Waals surface area contributed by atoms with E-state index in [1.807, 2.05) is 31.2 Å². The summed E-state index contributed by atoms with van der Waals surface area (Å²) in [5, 5.41) is 12.4. The van der Waals surface area contributed by atoms with Crippen LogP contribution in [0.15, 0.2) is 36.5 Å². The predicted octanol–water partition coefficient (Wildman–Crippen LogP) is 5.59. The van der Waals surface area contributed by atoms with Crippen LogP contribution in [0.2, 0.25) is 0 Å². The van der Waals surface area contributed by atoms with Gasteiger partial charge < -0.3 is 20.3 Å². The van der Waals surface area contributed by atoms with Crippen molar-refractivity contribution in [2.75, 3.05) is 45.2 Å². The number of anilines is 1. The fourth-order valence-corrected chi connectivity index (χ4v) is 7.19. The van der Waals surface area contributed by atoms with Crippen LogP contribution >= 0.6 is 0 Å². The molecule has 0 radical (unpaired) electrons. The maximum atomic E-state index is 12.8. The molecule has 40 heavy (non-hydrogen) atoms. The Morgan fingerprint density at radius 1 is 1.10 bits per heavy atom. The minimum atomic E-state index is -0.250. The molecule has 3 aliphatic rings. The Bertz CT molecular complexity index is 1310. The number of ether oxygens (including phenoxy) is 1. The largest absolute Gasteiger partial charge is 0.494 e. The number of amides is 1. The standard InChI is InChI=1S/C32H44N6O2/c1-23-4-3-5-27(34-23)31(39)35-29-20-25-22-38(36-28(25)21-30(29)40-2)26-9-18-37(19-10-26)17-8-24-6-11-32(12-7-24)13-15-33-16-14-32/h3-5,20-22,24,26,33H,6-19H2,1-2H3,(H,35,39). The third-order valence-corrected chi connectivity index (χ3v) is 9.83. The van der Waals surface area contributed by atoms with Crippen molar-refractivity contribution in [1.29, 1.82) is 0 Å². The Balaban J connectivity index is 1.03. The predicted molar refractivity (Wildman–Crippen MR) is 159 cm³/mol. The number of nitrogens with zero attached hydrogens (tertiary/aromatic N) is 4. The van der Waals surface area contributed by atoms with E-state index in [0.29, 0.717) is 28.6 Å². The van der Waals surface area contributed by atoms with E-state index in [1.165, 1.54) is 64.6 Å². The molecule has 3 aromatic rings. The zero-order chi connectivity index (χ0) is 27.5. The number of carbonyl (C=O) groups excluding carboxylic acids is 1. The SMILES string of the molecule is COc1cc2nn(C3CCN(CCC4CCC5(CCNCC5)CC4)CC3)cc2cc1NC(=O)c1cccc(C)n1. The molecule has 1 aliphatic carbocycles. The van der Waals surface area contributed by atoms with Gasteiger partial charge in [0.25, 0.3) is 5.91 Å². The number of aromatic nitrogens is 3. The van der Waals surface area contributed by atoms with Crippen molar-refractivity contribution in [3.8, 4) is 5.75 Å². The fraction of sp³-hybridized carbons (Fsp3) is 0.594. The zero-order valence-corrected chi connectivity index (χ0v) is 24.1. The first kappa shape index (κ1) is 27.2. The Labute approximate surface area is 237 Å². The lowest BCUT2D eigenvalue weighted by molar-refractivity contribution is 0.0934.